The normalized spacial score (nSPS) is 16.6. The number of amides is 3. The number of carboxylic acid groups (broad SMARTS) is 1. The molecule has 208 valence electrons. The average Bonchev–Trinajstić information content (AvgIpc) is 3.37. The third-order valence-electron chi connectivity index (χ3n) is 6.94. The van der Waals surface area contributed by atoms with Gasteiger partial charge in [0.15, 0.2) is 22.8 Å². The number of hydrogen-bond donors (Lipinski definition) is 3. The van der Waals surface area contributed by atoms with Gasteiger partial charge in [-0.15, -0.1) is 5.10 Å². The summed E-state index contributed by atoms with van der Waals surface area (Å²) in [5.41, 5.74) is 2.69. The van der Waals surface area contributed by atoms with Crippen LogP contribution in [0.15, 0.2) is 24.3 Å². The van der Waals surface area contributed by atoms with Crippen molar-refractivity contribution in [3.05, 3.63) is 24.3 Å². The molecule has 2 aliphatic heterocycles. The highest BCUT2D eigenvalue weighted by molar-refractivity contribution is 5.90. The first-order valence-electron chi connectivity index (χ1n) is 13.1. The van der Waals surface area contributed by atoms with Crippen molar-refractivity contribution >= 4 is 34.8 Å². The second-order valence-corrected chi connectivity index (χ2v) is 9.94. The fourth-order valence-corrected chi connectivity index (χ4v) is 4.76. The summed E-state index contributed by atoms with van der Waals surface area (Å²) in [6.07, 6.45) is 0.363. The van der Waals surface area contributed by atoms with Gasteiger partial charge in [0, 0.05) is 50.5 Å². The largest absolute Gasteiger partial charge is 0.465 e. The molecule has 2 fully saturated rings. The van der Waals surface area contributed by atoms with E-state index < -0.39 is 6.09 Å². The number of benzene rings is 1. The molecule has 0 saturated carbocycles. The van der Waals surface area contributed by atoms with Crippen LogP contribution in [-0.2, 0) is 4.74 Å². The topological polar surface area (TPSA) is 154 Å². The second-order valence-electron chi connectivity index (χ2n) is 9.94. The Kier molecular flexibility index (Phi) is 8.02. The van der Waals surface area contributed by atoms with Crippen molar-refractivity contribution in [2.75, 3.05) is 76.8 Å². The predicted octanol–water partition coefficient (Wildman–Crippen LogP) is 1.72. The van der Waals surface area contributed by atoms with Crippen LogP contribution in [0, 0.1) is 0 Å². The van der Waals surface area contributed by atoms with Gasteiger partial charge in [-0.2, -0.15) is 0 Å². The first-order chi connectivity index (χ1) is 18.9. The Bertz CT molecular complexity index is 1300. The van der Waals surface area contributed by atoms with E-state index in [9.17, 15) is 14.7 Å². The number of rotatable bonds is 7. The molecule has 0 atom stereocenters. The molecular formula is C25H34N10O4. The second kappa shape index (κ2) is 11.8. The SMILES string of the molecule is CN(C)CCNC(=O)Nc1ccc(-c2nc(N3CCOCC3)c3nnn(C4CCN(C(=O)O)CC4)c3n2)cc1. The summed E-state index contributed by atoms with van der Waals surface area (Å²) >= 11 is 0. The van der Waals surface area contributed by atoms with Crippen LogP contribution in [0.1, 0.15) is 18.9 Å². The summed E-state index contributed by atoms with van der Waals surface area (Å²) in [4.78, 5) is 38.9. The van der Waals surface area contributed by atoms with Crippen molar-refractivity contribution in [1.29, 1.82) is 0 Å². The Morgan fingerprint density at radius 1 is 1.08 bits per heavy atom. The number of morpholine rings is 1. The van der Waals surface area contributed by atoms with E-state index in [1.165, 1.54) is 4.90 Å². The molecular weight excluding hydrogens is 504 g/mol. The lowest BCUT2D eigenvalue weighted by atomic mass is 10.1. The Morgan fingerprint density at radius 3 is 2.46 bits per heavy atom. The van der Waals surface area contributed by atoms with Gasteiger partial charge >= 0.3 is 12.1 Å². The van der Waals surface area contributed by atoms with Crippen LogP contribution >= 0.6 is 0 Å². The van der Waals surface area contributed by atoms with Gasteiger partial charge < -0.3 is 35.2 Å². The zero-order chi connectivity index (χ0) is 27.4. The summed E-state index contributed by atoms with van der Waals surface area (Å²) in [6, 6.07) is 7.11. The minimum absolute atomic E-state index is 0.0107. The van der Waals surface area contributed by atoms with Crippen molar-refractivity contribution < 1.29 is 19.4 Å². The highest BCUT2D eigenvalue weighted by atomic mass is 16.5. The lowest BCUT2D eigenvalue weighted by molar-refractivity contribution is 0.122. The lowest BCUT2D eigenvalue weighted by Crippen LogP contribution is -2.38. The van der Waals surface area contributed by atoms with Crippen molar-refractivity contribution in [3.8, 4) is 11.4 Å². The van der Waals surface area contributed by atoms with E-state index >= 15 is 0 Å². The molecule has 14 nitrogen and oxygen atoms in total. The average molecular weight is 539 g/mol. The molecule has 39 heavy (non-hydrogen) atoms. The first-order valence-corrected chi connectivity index (χ1v) is 13.1. The van der Waals surface area contributed by atoms with Crippen molar-refractivity contribution in [1.82, 2.24) is 40.1 Å². The third-order valence-corrected chi connectivity index (χ3v) is 6.94. The molecule has 14 heteroatoms. The summed E-state index contributed by atoms with van der Waals surface area (Å²) in [6.45, 7) is 4.73. The molecule has 2 aliphatic rings. The number of piperidine rings is 1. The summed E-state index contributed by atoms with van der Waals surface area (Å²) in [5, 5.41) is 23.9. The highest BCUT2D eigenvalue weighted by Gasteiger charge is 2.28. The third kappa shape index (κ3) is 6.17. The number of likely N-dealkylation sites (tertiary alicyclic amines) is 1. The molecule has 3 N–H and O–H groups in total. The molecule has 5 rings (SSSR count). The predicted molar refractivity (Wildman–Crippen MR) is 145 cm³/mol. The number of carbonyl (C=O) groups excluding carboxylic acids is 1. The number of aromatic nitrogens is 5. The van der Waals surface area contributed by atoms with E-state index in [1.807, 2.05) is 47.9 Å². The smallest absolute Gasteiger partial charge is 0.407 e. The molecule has 3 amide bonds. The fraction of sp³-hybridized carbons (Fsp3) is 0.520. The van der Waals surface area contributed by atoms with Crippen LogP contribution in [0.4, 0.5) is 21.1 Å². The zero-order valence-electron chi connectivity index (χ0n) is 22.2. The molecule has 0 unspecified atom stereocenters. The number of likely N-dealkylation sites (N-methyl/N-ethyl adjacent to an activating group) is 1. The number of hydrogen-bond acceptors (Lipinski definition) is 9. The van der Waals surface area contributed by atoms with Gasteiger partial charge in [0.25, 0.3) is 0 Å². The van der Waals surface area contributed by atoms with Crippen LogP contribution in [0.3, 0.4) is 0 Å². The quantitative estimate of drug-likeness (QED) is 0.405. The van der Waals surface area contributed by atoms with E-state index in [0.717, 1.165) is 12.1 Å². The van der Waals surface area contributed by atoms with Crippen molar-refractivity contribution in [3.63, 3.8) is 0 Å². The minimum Gasteiger partial charge on any atom is -0.465 e. The van der Waals surface area contributed by atoms with E-state index in [-0.39, 0.29) is 12.1 Å². The molecule has 2 aromatic heterocycles. The number of fused-ring (bicyclic) bond motifs is 1. The first kappa shape index (κ1) is 26.6. The molecule has 0 spiro atoms. The molecule has 0 bridgehead atoms. The maximum absolute atomic E-state index is 12.2. The van der Waals surface area contributed by atoms with Gasteiger partial charge in [0.1, 0.15) is 0 Å². The van der Waals surface area contributed by atoms with E-state index in [0.29, 0.717) is 87.3 Å². The van der Waals surface area contributed by atoms with Gasteiger partial charge in [0.2, 0.25) is 0 Å². The zero-order valence-corrected chi connectivity index (χ0v) is 22.2. The van der Waals surface area contributed by atoms with Gasteiger partial charge in [-0.1, -0.05) is 5.21 Å². The minimum atomic E-state index is -0.903. The highest BCUT2D eigenvalue weighted by Crippen LogP contribution is 2.31. The number of ether oxygens (including phenoxy) is 1. The number of nitrogens with zero attached hydrogens (tertiary/aromatic N) is 8. The number of nitrogens with one attached hydrogen (secondary N) is 2. The lowest BCUT2D eigenvalue weighted by Gasteiger charge is -2.30. The Hall–Kier alpha value is -4.04. The fourth-order valence-electron chi connectivity index (χ4n) is 4.76. The number of carbonyl (C=O) groups is 2. The summed E-state index contributed by atoms with van der Waals surface area (Å²) in [5.74, 6) is 1.23. The van der Waals surface area contributed by atoms with Crippen LogP contribution in [0.5, 0.6) is 0 Å². The Balaban J connectivity index is 1.41. The molecule has 0 aliphatic carbocycles. The monoisotopic (exact) mass is 538 g/mol. The maximum Gasteiger partial charge on any atom is 0.407 e. The van der Waals surface area contributed by atoms with Crippen molar-refractivity contribution in [2.45, 2.75) is 18.9 Å². The Labute approximate surface area is 225 Å². The number of anilines is 2. The molecule has 2 saturated heterocycles. The Morgan fingerprint density at radius 2 is 1.79 bits per heavy atom. The van der Waals surface area contributed by atoms with Gasteiger partial charge in [-0.25, -0.2) is 24.2 Å². The van der Waals surface area contributed by atoms with Crippen LogP contribution in [-0.4, -0.2) is 119 Å². The van der Waals surface area contributed by atoms with Crippen molar-refractivity contribution in [2.24, 2.45) is 0 Å². The van der Waals surface area contributed by atoms with Gasteiger partial charge in [-0.05, 0) is 51.2 Å². The van der Waals surface area contributed by atoms with Crippen LogP contribution in [0.25, 0.3) is 22.6 Å². The summed E-state index contributed by atoms with van der Waals surface area (Å²) in [7, 11) is 3.90. The van der Waals surface area contributed by atoms with E-state index in [4.69, 9.17) is 14.7 Å². The maximum atomic E-state index is 12.2. The van der Waals surface area contributed by atoms with Crippen LogP contribution in [0.2, 0.25) is 0 Å². The molecule has 3 aromatic rings. The standard InChI is InChI=1S/C25H34N10O4/c1-32(2)12-9-26-24(36)27-18-5-3-17(4-6-18)21-28-22(33-13-15-39-16-14-33)20-23(29-21)35(31-30-20)19-7-10-34(11-8-19)25(37)38/h3-6,19H,7-16H2,1-2H3,(H,37,38)(H2,26,27,36). The van der Waals surface area contributed by atoms with Gasteiger partial charge in [-0.3, -0.25) is 0 Å². The molecule has 0 radical (unpaired) electrons. The van der Waals surface area contributed by atoms with E-state index in [2.05, 4.69) is 25.8 Å². The number of urea groups is 1. The van der Waals surface area contributed by atoms with Crippen LogP contribution < -0.4 is 15.5 Å². The molecule has 1 aromatic carbocycles. The van der Waals surface area contributed by atoms with E-state index in [1.54, 1.807) is 0 Å². The van der Waals surface area contributed by atoms with Gasteiger partial charge in [0.05, 0.1) is 19.3 Å². The summed E-state index contributed by atoms with van der Waals surface area (Å²) < 4.78 is 7.36. The molecule has 4 heterocycles.